The molecule has 2 unspecified atom stereocenters. The van der Waals surface area contributed by atoms with E-state index < -0.39 is 24.0 Å². The molecule has 2 atom stereocenters. The summed E-state index contributed by atoms with van der Waals surface area (Å²) in [5.41, 5.74) is 4.27. The summed E-state index contributed by atoms with van der Waals surface area (Å²) in [5.74, 6) is -1.63. The van der Waals surface area contributed by atoms with Crippen LogP contribution in [0, 0.1) is 11.3 Å². The number of benzene rings is 2. The maximum atomic E-state index is 13.3. The summed E-state index contributed by atoms with van der Waals surface area (Å²) in [7, 11) is 0. The Kier molecular flexibility index (Phi) is 6.26. The van der Waals surface area contributed by atoms with Gasteiger partial charge in [0.1, 0.15) is 12.6 Å². The third-order valence-electron chi connectivity index (χ3n) is 8.12. The second kappa shape index (κ2) is 9.36. The van der Waals surface area contributed by atoms with Crippen molar-refractivity contribution in [3.63, 3.8) is 0 Å². The van der Waals surface area contributed by atoms with Gasteiger partial charge in [-0.3, -0.25) is 9.59 Å². The molecule has 2 aliphatic carbocycles. The Bertz CT molecular complexity index is 1100. The zero-order valence-corrected chi connectivity index (χ0v) is 20.0. The van der Waals surface area contributed by atoms with Crippen molar-refractivity contribution in [3.05, 3.63) is 59.7 Å². The lowest BCUT2D eigenvalue weighted by molar-refractivity contribution is -0.146. The summed E-state index contributed by atoms with van der Waals surface area (Å²) < 4.78 is 5.65. The van der Waals surface area contributed by atoms with Gasteiger partial charge in [0, 0.05) is 24.4 Å². The Balaban J connectivity index is 1.24. The first-order valence-corrected chi connectivity index (χ1v) is 12.6. The number of hydrogen-bond donors (Lipinski definition) is 2. The number of alkyl carbamates (subject to hydrolysis) is 1. The van der Waals surface area contributed by atoms with Crippen LogP contribution in [0.15, 0.2) is 48.5 Å². The van der Waals surface area contributed by atoms with Gasteiger partial charge in [-0.05, 0) is 41.5 Å². The van der Waals surface area contributed by atoms with Crippen LogP contribution >= 0.6 is 0 Å². The van der Waals surface area contributed by atoms with Crippen molar-refractivity contribution in [1.82, 2.24) is 10.2 Å². The molecule has 2 amide bonds. The molecule has 0 radical (unpaired) electrons. The molecule has 2 aromatic rings. The molecule has 1 saturated heterocycles. The predicted molar refractivity (Wildman–Crippen MR) is 131 cm³/mol. The van der Waals surface area contributed by atoms with Crippen LogP contribution in [0.2, 0.25) is 0 Å². The van der Waals surface area contributed by atoms with Crippen LogP contribution in [-0.4, -0.2) is 53.7 Å². The van der Waals surface area contributed by atoms with Gasteiger partial charge in [0.2, 0.25) is 5.91 Å². The highest BCUT2D eigenvalue weighted by Gasteiger charge is 2.55. The van der Waals surface area contributed by atoms with E-state index in [9.17, 15) is 19.5 Å². The number of aliphatic carboxylic acids is 1. The summed E-state index contributed by atoms with van der Waals surface area (Å²) in [4.78, 5) is 39.6. The lowest BCUT2D eigenvalue weighted by Crippen LogP contribution is -2.49. The minimum absolute atomic E-state index is 0.0538. The van der Waals surface area contributed by atoms with Crippen molar-refractivity contribution in [2.75, 3.05) is 19.7 Å². The minimum Gasteiger partial charge on any atom is -0.481 e. The summed E-state index contributed by atoms with van der Waals surface area (Å²) in [5, 5.41) is 12.5. The van der Waals surface area contributed by atoms with Crippen LogP contribution in [0.3, 0.4) is 0 Å². The number of rotatable bonds is 7. The molecule has 1 heterocycles. The summed E-state index contributed by atoms with van der Waals surface area (Å²) in [6.07, 6.45) is 3.25. The molecule has 2 N–H and O–H groups in total. The molecule has 184 valence electrons. The van der Waals surface area contributed by atoms with Crippen molar-refractivity contribution in [3.8, 4) is 11.1 Å². The van der Waals surface area contributed by atoms with Gasteiger partial charge in [-0.25, -0.2) is 4.79 Å². The minimum atomic E-state index is -0.837. The number of carboxylic acids is 1. The standard InChI is InChI=1S/C28H32N2O5/c1-2-8-24(25(31)30-15-23(26(32)33)28(17-30)13-7-14-28)29-27(34)35-16-22-20-11-5-3-9-18(20)19-10-4-6-12-21(19)22/h3-6,9-12,22-24H,2,7-8,13-17H2,1H3,(H,29,34)(H,32,33). The number of amides is 2. The van der Waals surface area contributed by atoms with Crippen molar-refractivity contribution in [2.24, 2.45) is 11.3 Å². The van der Waals surface area contributed by atoms with Gasteiger partial charge in [-0.2, -0.15) is 0 Å². The number of ether oxygens (including phenoxy) is 1. The first-order chi connectivity index (χ1) is 16.9. The number of fused-ring (bicyclic) bond motifs is 3. The first-order valence-electron chi connectivity index (χ1n) is 12.6. The lowest BCUT2D eigenvalue weighted by Gasteiger charge is -2.41. The van der Waals surface area contributed by atoms with Gasteiger partial charge in [0.15, 0.2) is 0 Å². The number of carbonyl (C=O) groups excluding carboxylic acids is 2. The van der Waals surface area contributed by atoms with Gasteiger partial charge >= 0.3 is 12.1 Å². The molecule has 0 bridgehead atoms. The van der Waals surface area contributed by atoms with E-state index in [0.29, 0.717) is 19.4 Å². The molecule has 1 aliphatic heterocycles. The molecule has 2 fully saturated rings. The van der Waals surface area contributed by atoms with Crippen molar-refractivity contribution < 1.29 is 24.2 Å². The summed E-state index contributed by atoms with van der Waals surface area (Å²) in [6, 6.07) is 15.6. The van der Waals surface area contributed by atoms with Gasteiger partial charge in [-0.1, -0.05) is 68.3 Å². The normalized spacial score (nSPS) is 20.6. The fourth-order valence-electron chi connectivity index (χ4n) is 6.16. The van der Waals surface area contributed by atoms with Crippen molar-refractivity contribution in [2.45, 2.75) is 51.0 Å². The highest BCUT2D eigenvalue weighted by molar-refractivity contribution is 5.87. The molecule has 1 saturated carbocycles. The number of nitrogens with one attached hydrogen (secondary N) is 1. The van der Waals surface area contributed by atoms with E-state index in [1.807, 2.05) is 31.2 Å². The van der Waals surface area contributed by atoms with E-state index in [-0.39, 0.29) is 30.4 Å². The van der Waals surface area contributed by atoms with Crippen LogP contribution in [0.4, 0.5) is 4.79 Å². The van der Waals surface area contributed by atoms with E-state index in [2.05, 4.69) is 29.6 Å². The smallest absolute Gasteiger partial charge is 0.407 e. The Morgan fingerprint density at radius 3 is 2.23 bits per heavy atom. The molecule has 7 heteroatoms. The van der Waals surface area contributed by atoms with E-state index in [0.717, 1.165) is 41.5 Å². The number of nitrogens with zero attached hydrogens (tertiary/aromatic N) is 1. The topological polar surface area (TPSA) is 95.9 Å². The largest absolute Gasteiger partial charge is 0.481 e. The number of likely N-dealkylation sites (tertiary alicyclic amines) is 1. The van der Waals surface area contributed by atoms with Gasteiger partial charge in [0.25, 0.3) is 0 Å². The average Bonchev–Trinajstić information content (AvgIpc) is 3.40. The highest BCUT2D eigenvalue weighted by Crippen LogP contribution is 2.52. The number of carbonyl (C=O) groups is 3. The third kappa shape index (κ3) is 4.17. The summed E-state index contributed by atoms with van der Waals surface area (Å²) >= 11 is 0. The first kappa shape index (κ1) is 23.4. The Morgan fingerprint density at radius 1 is 1.09 bits per heavy atom. The number of carboxylic acid groups (broad SMARTS) is 1. The molecule has 1 spiro atoms. The van der Waals surface area contributed by atoms with E-state index in [1.54, 1.807) is 4.90 Å². The average molecular weight is 477 g/mol. The van der Waals surface area contributed by atoms with Crippen LogP contribution < -0.4 is 5.32 Å². The molecular formula is C28H32N2O5. The van der Waals surface area contributed by atoms with Crippen LogP contribution in [0.25, 0.3) is 11.1 Å². The molecular weight excluding hydrogens is 444 g/mol. The maximum Gasteiger partial charge on any atom is 0.407 e. The molecule has 2 aromatic carbocycles. The van der Waals surface area contributed by atoms with E-state index in [4.69, 9.17) is 4.74 Å². The summed E-state index contributed by atoms with van der Waals surface area (Å²) in [6.45, 7) is 2.80. The van der Waals surface area contributed by atoms with Crippen molar-refractivity contribution >= 4 is 18.0 Å². The molecule has 3 aliphatic rings. The van der Waals surface area contributed by atoms with Gasteiger partial charge in [-0.15, -0.1) is 0 Å². The zero-order valence-electron chi connectivity index (χ0n) is 20.0. The molecule has 7 nitrogen and oxygen atoms in total. The Labute approximate surface area is 205 Å². The van der Waals surface area contributed by atoms with Crippen LogP contribution in [-0.2, 0) is 14.3 Å². The fourth-order valence-corrected chi connectivity index (χ4v) is 6.16. The maximum absolute atomic E-state index is 13.3. The highest BCUT2D eigenvalue weighted by atomic mass is 16.5. The van der Waals surface area contributed by atoms with Crippen molar-refractivity contribution in [1.29, 1.82) is 0 Å². The van der Waals surface area contributed by atoms with Crippen LogP contribution in [0.5, 0.6) is 0 Å². The monoisotopic (exact) mass is 476 g/mol. The second-order valence-electron chi connectivity index (χ2n) is 10.1. The van der Waals surface area contributed by atoms with E-state index >= 15 is 0 Å². The van der Waals surface area contributed by atoms with Gasteiger partial charge in [0.05, 0.1) is 5.92 Å². The lowest BCUT2D eigenvalue weighted by atomic mass is 9.63. The van der Waals surface area contributed by atoms with Crippen LogP contribution in [0.1, 0.15) is 56.1 Å². The predicted octanol–water partition coefficient (Wildman–Crippen LogP) is 4.41. The SMILES string of the molecule is CCCC(NC(=O)OCC1c2ccccc2-c2ccccc21)C(=O)N1CC(C(=O)O)C2(CCC2)C1. The van der Waals surface area contributed by atoms with E-state index in [1.165, 1.54) is 0 Å². The molecule has 0 aromatic heterocycles. The third-order valence-corrected chi connectivity index (χ3v) is 8.12. The fraction of sp³-hybridized carbons (Fsp3) is 0.464. The molecule has 5 rings (SSSR count). The Hall–Kier alpha value is -3.35. The van der Waals surface area contributed by atoms with Gasteiger partial charge < -0.3 is 20.1 Å². The molecule has 35 heavy (non-hydrogen) atoms. The second-order valence-corrected chi connectivity index (χ2v) is 10.1. The number of hydrogen-bond acceptors (Lipinski definition) is 4. The quantitative estimate of drug-likeness (QED) is 0.617. The Morgan fingerprint density at radius 2 is 1.71 bits per heavy atom. The zero-order chi connectivity index (χ0) is 24.6.